The number of ether oxygens (including phenoxy) is 2. The fraction of sp³-hybridized carbons (Fsp3) is 0.429. The van der Waals surface area contributed by atoms with Gasteiger partial charge in [-0.3, -0.25) is 9.69 Å². The molecule has 3 aromatic rings. The van der Waals surface area contributed by atoms with Crippen molar-refractivity contribution in [1.82, 2.24) is 0 Å². The average molecular weight is 542 g/mol. The lowest BCUT2D eigenvalue weighted by Crippen LogP contribution is -2.38. The summed E-state index contributed by atoms with van der Waals surface area (Å²) in [6, 6.07) is 25.1. The van der Waals surface area contributed by atoms with Crippen molar-refractivity contribution >= 4 is 17.6 Å². The number of carbonyl (C=O) groups excluding carboxylic acids is 2. The Labute approximate surface area is 239 Å². The smallest absolute Gasteiger partial charge is 0.397 e. The lowest BCUT2D eigenvalue weighted by molar-refractivity contribution is -0.151. The van der Waals surface area contributed by atoms with Crippen molar-refractivity contribution in [1.29, 1.82) is 0 Å². The van der Waals surface area contributed by atoms with Gasteiger partial charge in [0.1, 0.15) is 5.75 Å². The molecule has 1 aliphatic rings. The molecule has 0 aromatic heterocycles. The topological polar surface area (TPSA) is 55.8 Å². The van der Waals surface area contributed by atoms with E-state index in [-0.39, 0.29) is 0 Å². The Morgan fingerprint density at radius 2 is 1.60 bits per heavy atom. The number of benzene rings is 3. The van der Waals surface area contributed by atoms with E-state index in [0.29, 0.717) is 30.5 Å². The molecule has 0 atom stereocenters. The minimum Gasteiger partial charge on any atom is -0.491 e. The average Bonchev–Trinajstić information content (AvgIpc) is 2.96. The van der Waals surface area contributed by atoms with Crippen LogP contribution in [-0.4, -0.2) is 32.1 Å². The molecule has 0 heterocycles. The number of aryl methyl sites for hydroxylation is 1. The van der Waals surface area contributed by atoms with Gasteiger partial charge in [0.05, 0.1) is 19.4 Å². The number of rotatable bonds is 14. The molecular formula is C35H43NO4. The van der Waals surface area contributed by atoms with Crippen molar-refractivity contribution in [2.45, 2.75) is 77.0 Å². The fourth-order valence-electron chi connectivity index (χ4n) is 5.21. The first kappa shape index (κ1) is 29.4. The second kappa shape index (κ2) is 15.3. The summed E-state index contributed by atoms with van der Waals surface area (Å²) in [7, 11) is 1.25. The second-order valence-electron chi connectivity index (χ2n) is 10.7. The highest BCUT2D eigenvalue weighted by Gasteiger charge is 2.27. The zero-order valence-electron chi connectivity index (χ0n) is 24.1. The van der Waals surface area contributed by atoms with Crippen molar-refractivity contribution in [3.05, 3.63) is 83.9 Å². The molecule has 5 nitrogen and oxygen atoms in total. The number of unbranched alkanes of at least 4 members (excludes halogenated alkanes) is 4. The van der Waals surface area contributed by atoms with Crippen LogP contribution in [0.1, 0.15) is 81.8 Å². The van der Waals surface area contributed by atoms with Gasteiger partial charge in [-0.1, -0.05) is 93.3 Å². The van der Waals surface area contributed by atoms with Crippen molar-refractivity contribution < 1.29 is 19.1 Å². The number of hydrogen-bond donors (Lipinski definition) is 0. The van der Waals surface area contributed by atoms with Crippen molar-refractivity contribution in [2.24, 2.45) is 0 Å². The molecule has 4 rings (SSSR count). The first-order valence-corrected chi connectivity index (χ1v) is 14.9. The summed E-state index contributed by atoms with van der Waals surface area (Å²) in [5.41, 5.74) is 5.42. The number of esters is 1. The maximum absolute atomic E-state index is 13.2. The third-order valence-electron chi connectivity index (χ3n) is 7.87. The highest BCUT2D eigenvalue weighted by Crippen LogP contribution is 2.38. The van der Waals surface area contributed by atoms with E-state index in [1.807, 2.05) is 36.4 Å². The Hall–Kier alpha value is -3.60. The van der Waals surface area contributed by atoms with E-state index < -0.39 is 11.9 Å². The number of methoxy groups -OCH3 is 1. The van der Waals surface area contributed by atoms with Crippen LogP contribution in [0.25, 0.3) is 11.1 Å². The molecule has 1 saturated carbocycles. The third kappa shape index (κ3) is 7.97. The number of amides is 1. The molecule has 40 heavy (non-hydrogen) atoms. The number of anilines is 1. The maximum Gasteiger partial charge on any atom is 0.397 e. The predicted molar refractivity (Wildman–Crippen MR) is 162 cm³/mol. The Kier molecular flexibility index (Phi) is 11.2. The van der Waals surface area contributed by atoms with Gasteiger partial charge in [-0.15, -0.1) is 0 Å². The van der Waals surface area contributed by atoms with Gasteiger partial charge >= 0.3 is 11.9 Å². The number of carbonyl (C=O) groups is 2. The van der Waals surface area contributed by atoms with Crippen LogP contribution in [-0.2, 0) is 20.7 Å². The first-order valence-electron chi connectivity index (χ1n) is 14.9. The summed E-state index contributed by atoms with van der Waals surface area (Å²) >= 11 is 0. The van der Waals surface area contributed by atoms with Gasteiger partial charge in [0.2, 0.25) is 0 Å². The van der Waals surface area contributed by atoms with Crippen LogP contribution in [0.3, 0.4) is 0 Å². The molecule has 1 amide bonds. The van der Waals surface area contributed by atoms with Gasteiger partial charge in [0.15, 0.2) is 0 Å². The molecule has 0 aliphatic heterocycles. The van der Waals surface area contributed by atoms with Gasteiger partial charge in [0.25, 0.3) is 0 Å². The van der Waals surface area contributed by atoms with Gasteiger partial charge in [0, 0.05) is 6.54 Å². The molecule has 0 saturated heterocycles. The summed E-state index contributed by atoms with van der Waals surface area (Å²) in [5.74, 6) is -0.223. The van der Waals surface area contributed by atoms with E-state index in [1.54, 1.807) is 0 Å². The van der Waals surface area contributed by atoms with E-state index in [9.17, 15) is 9.59 Å². The van der Waals surface area contributed by atoms with Crippen LogP contribution in [0.2, 0.25) is 0 Å². The van der Waals surface area contributed by atoms with Crippen molar-refractivity contribution in [2.75, 3.05) is 25.2 Å². The normalized spacial score (nSPS) is 12.9. The maximum atomic E-state index is 13.2. The molecule has 0 spiro atoms. The van der Waals surface area contributed by atoms with E-state index in [2.05, 4.69) is 43.3 Å². The predicted octanol–water partition coefficient (Wildman–Crippen LogP) is 8.11. The van der Waals surface area contributed by atoms with Crippen LogP contribution in [0.15, 0.2) is 72.8 Å². The fourth-order valence-corrected chi connectivity index (χ4v) is 5.21. The van der Waals surface area contributed by atoms with Crippen molar-refractivity contribution in [3.8, 4) is 16.9 Å². The Morgan fingerprint density at radius 3 is 2.27 bits per heavy atom. The highest BCUT2D eigenvalue weighted by molar-refractivity contribution is 6.38. The molecule has 0 unspecified atom stereocenters. The van der Waals surface area contributed by atoms with Crippen molar-refractivity contribution in [3.63, 3.8) is 0 Å². The molecule has 0 bridgehead atoms. The first-order chi connectivity index (χ1) is 19.6. The summed E-state index contributed by atoms with van der Waals surface area (Å²) in [5, 5.41) is 0. The Bertz CT molecular complexity index is 1220. The standard InChI is InChI=1S/C35H43NO4/c1-3-4-5-11-25-40-33-26-31(30-20-18-29(19-21-30)28-16-12-17-28)22-23-32(33)36(34(37)35(38)39-2)24-10-9-15-27-13-7-6-8-14-27/h6-8,13-14,18-23,26,28H,3-5,9-12,15-17,24-25H2,1-2H3. The minimum atomic E-state index is -0.868. The summed E-state index contributed by atoms with van der Waals surface area (Å²) in [4.78, 5) is 27.1. The molecule has 0 radical (unpaired) electrons. The summed E-state index contributed by atoms with van der Waals surface area (Å²) < 4.78 is 11.1. The highest BCUT2D eigenvalue weighted by atomic mass is 16.5. The SMILES string of the molecule is CCCCCCOc1cc(-c2ccc(C3CCC3)cc2)ccc1N(CCCCc1ccccc1)C(=O)C(=O)OC. The molecular weight excluding hydrogens is 498 g/mol. The Morgan fingerprint density at radius 1 is 0.850 bits per heavy atom. The van der Waals surface area contributed by atoms with E-state index >= 15 is 0 Å². The number of hydrogen-bond acceptors (Lipinski definition) is 4. The minimum absolute atomic E-state index is 0.405. The lowest BCUT2D eigenvalue weighted by atomic mass is 9.80. The second-order valence-corrected chi connectivity index (χ2v) is 10.7. The molecule has 3 aromatic carbocycles. The van der Waals surface area contributed by atoms with E-state index in [4.69, 9.17) is 9.47 Å². The summed E-state index contributed by atoms with van der Waals surface area (Å²) in [6.07, 6.45) is 10.8. The Balaban J connectivity index is 1.56. The lowest BCUT2D eigenvalue weighted by Gasteiger charge is -2.26. The largest absolute Gasteiger partial charge is 0.491 e. The van der Waals surface area contributed by atoms with E-state index in [0.717, 1.165) is 56.1 Å². The van der Waals surface area contributed by atoms with Gasteiger partial charge in [-0.25, -0.2) is 4.79 Å². The summed E-state index contributed by atoms with van der Waals surface area (Å²) in [6.45, 7) is 3.15. The molecule has 1 aliphatic carbocycles. The van der Waals surface area contributed by atoms with Crippen LogP contribution < -0.4 is 9.64 Å². The zero-order chi connectivity index (χ0) is 28.2. The molecule has 1 fully saturated rings. The monoisotopic (exact) mass is 541 g/mol. The molecule has 5 heteroatoms. The van der Waals surface area contributed by atoms with Gasteiger partial charge < -0.3 is 9.47 Å². The van der Waals surface area contributed by atoms with Gasteiger partial charge in [-0.2, -0.15) is 0 Å². The number of nitrogens with zero attached hydrogens (tertiary/aromatic N) is 1. The van der Waals surface area contributed by atoms with Gasteiger partial charge in [-0.05, 0) is 78.8 Å². The van der Waals surface area contributed by atoms with Crippen LogP contribution in [0, 0.1) is 0 Å². The quantitative estimate of drug-likeness (QED) is 0.118. The third-order valence-corrected chi connectivity index (χ3v) is 7.87. The van der Waals surface area contributed by atoms with Crippen LogP contribution in [0.5, 0.6) is 5.75 Å². The van der Waals surface area contributed by atoms with Crippen LogP contribution in [0.4, 0.5) is 5.69 Å². The molecule has 212 valence electrons. The van der Waals surface area contributed by atoms with E-state index in [1.165, 1.54) is 42.4 Å². The zero-order valence-corrected chi connectivity index (χ0v) is 24.1. The van der Waals surface area contributed by atoms with Crippen LogP contribution >= 0.6 is 0 Å². The molecule has 0 N–H and O–H groups in total.